The molecule has 1 heterocycles. The number of halogens is 1. The first-order valence-corrected chi connectivity index (χ1v) is 5.98. The summed E-state index contributed by atoms with van der Waals surface area (Å²) in [5.41, 5.74) is 6.80. The Balaban J connectivity index is 2.14. The molecule has 1 aromatic carbocycles. The monoisotopic (exact) mass is 253 g/mol. The van der Waals surface area contributed by atoms with Gasteiger partial charge in [0.2, 0.25) is 0 Å². The first-order chi connectivity index (χ1) is 8.08. The van der Waals surface area contributed by atoms with Gasteiger partial charge in [0, 0.05) is 36.9 Å². The number of nitrogens with zero attached hydrogens (tertiary/aromatic N) is 2. The quantitative estimate of drug-likeness (QED) is 0.768. The Hall–Kier alpha value is -1.26. The average Bonchev–Trinajstić information content (AvgIpc) is 2.29. The van der Waals surface area contributed by atoms with Gasteiger partial charge in [-0.05, 0) is 25.2 Å². The number of nitrogen functional groups attached to an aromatic ring is 1. The third-order valence-electron chi connectivity index (χ3n) is 3.03. The Morgan fingerprint density at radius 3 is 2.53 bits per heavy atom. The second kappa shape index (κ2) is 4.94. The predicted octanol–water partition coefficient (Wildman–Crippen LogP) is 1.31. The molecule has 0 aliphatic carbocycles. The zero-order valence-corrected chi connectivity index (χ0v) is 10.6. The summed E-state index contributed by atoms with van der Waals surface area (Å²) in [4.78, 5) is 16.3. The van der Waals surface area contributed by atoms with E-state index in [0.29, 0.717) is 16.3 Å². The van der Waals surface area contributed by atoms with Crippen molar-refractivity contribution in [2.45, 2.75) is 0 Å². The number of hydrogen-bond donors (Lipinski definition) is 1. The number of benzene rings is 1. The van der Waals surface area contributed by atoms with E-state index in [9.17, 15) is 4.79 Å². The predicted molar refractivity (Wildman–Crippen MR) is 69.3 cm³/mol. The molecule has 1 aromatic rings. The topological polar surface area (TPSA) is 49.6 Å². The lowest BCUT2D eigenvalue weighted by Crippen LogP contribution is -2.47. The Bertz CT molecular complexity index is 428. The Morgan fingerprint density at radius 1 is 1.29 bits per heavy atom. The molecule has 4 nitrogen and oxygen atoms in total. The van der Waals surface area contributed by atoms with Gasteiger partial charge in [-0.25, -0.2) is 0 Å². The third kappa shape index (κ3) is 2.70. The smallest absolute Gasteiger partial charge is 0.256 e. The molecule has 0 radical (unpaired) electrons. The van der Waals surface area contributed by atoms with Crippen molar-refractivity contribution >= 4 is 23.2 Å². The number of hydrogen-bond acceptors (Lipinski definition) is 3. The minimum Gasteiger partial charge on any atom is -0.398 e. The molecular formula is C12H16ClN3O. The number of carbonyl (C=O) groups excluding carboxylic acids is 1. The fourth-order valence-electron chi connectivity index (χ4n) is 1.91. The summed E-state index contributed by atoms with van der Waals surface area (Å²) in [6.45, 7) is 3.30. The SMILES string of the molecule is CN1CCN(C(=O)c2ccc(Cl)cc2N)CC1. The average molecular weight is 254 g/mol. The number of nitrogens with two attached hydrogens (primary N) is 1. The highest BCUT2D eigenvalue weighted by Gasteiger charge is 2.21. The number of anilines is 1. The maximum atomic E-state index is 12.2. The van der Waals surface area contributed by atoms with Crippen molar-refractivity contribution in [3.8, 4) is 0 Å². The van der Waals surface area contributed by atoms with E-state index in [1.165, 1.54) is 0 Å². The largest absolute Gasteiger partial charge is 0.398 e. The summed E-state index contributed by atoms with van der Waals surface area (Å²) in [5, 5.41) is 0.553. The molecule has 5 heteroatoms. The maximum absolute atomic E-state index is 12.2. The summed E-state index contributed by atoms with van der Waals surface area (Å²) >= 11 is 5.81. The molecule has 1 aliphatic heterocycles. The van der Waals surface area contributed by atoms with E-state index in [0.717, 1.165) is 26.2 Å². The van der Waals surface area contributed by atoms with Crippen molar-refractivity contribution in [3.63, 3.8) is 0 Å². The number of rotatable bonds is 1. The van der Waals surface area contributed by atoms with Crippen LogP contribution in [0.5, 0.6) is 0 Å². The van der Waals surface area contributed by atoms with E-state index in [4.69, 9.17) is 17.3 Å². The number of piperazine rings is 1. The van der Waals surface area contributed by atoms with Gasteiger partial charge in [0.05, 0.1) is 5.56 Å². The Labute approximate surface area is 106 Å². The van der Waals surface area contributed by atoms with Gasteiger partial charge in [0.15, 0.2) is 0 Å². The van der Waals surface area contributed by atoms with Gasteiger partial charge in [-0.2, -0.15) is 0 Å². The van der Waals surface area contributed by atoms with Crippen LogP contribution in [-0.4, -0.2) is 48.9 Å². The fraction of sp³-hybridized carbons (Fsp3) is 0.417. The first kappa shape index (κ1) is 12.2. The van der Waals surface area contributed by atoms with Crippen LogP contribution in [0.4, 0.5) is 5.69 Å². The van der Waals surface area contributed by atoms with Crippen molar-refractivity contribution in [1.82, 2.24) is 9.80 Å². The van der Waals surface area contributed by atoms with Crippen molar-refractivity contribution in [2.24, 2.45) is 0 Å². The normalized spacial score (nSPS) is 17.2. The molecule has 1 fully saturated rings. The van der Waals surface area contributed by atoms with Gasteiger partial charge in [-0.15, -0.1) is 0 Å². The van der Waals surface area contributed by atoms with Gasteiger partial charge in [0.1, 0.15) is 0 Å². The Kier molecular flexibility index (Phi) is 3.54. The number of likely N-dealkylation sites (N-methyl/N-ethyl adjacent to an activating group) is 1. The molecule has 92 valence electrons. The lowest BCUT2D eigenvalue weighted by Gasteiger charge is -2.32. The summed E-state index contributed by atoms with van der Waals surface area (Å²) in [6, 6.07) is 5.00. The highest BCUT2D eigenvalue weighted by Crippen LogP contribution is 2.20. The van der Waals surface area contributed by atoms with Crippen LogP contribution in [0.3, 0.4) is 0 Å². The van der Waals surface area contributed by atoms with E-state index >= 15 is 0 Å². The molecule has 1 saturated heterocycles. The molecule has 0 spiro atoms. The summed E-state index contributed by atoms with van der Waals surface area (Å²) < 4.78 is 0. The zero-order valence-electron chi connectivity index (χ0n) is 9.82. The third-order valence-corrected chi connectivity index (χ3v) is 3.27. The van der Waals surface area contributed by atoms with Crippen molar-refractivity contribution in [3.05, 3.63) is 28.8 Å². The maximum Gasteiger partial charge on any atom is 0.256 e. The second-order valence-corrected chi connectivity index (χ2v) is 4.76. The van der Waals surface area contributed by atoms with Crippen LogP contribution in [0.25, 0.3) is 0 Å². The van der Waals surface area contributed by atoms with E-state index in [-0.39, 0.29) is 5.91 Å². The van der Waals surface area contributed by atoms with Crippen LogP contribution < -0.4 is 5.73 Å². The highest BCUT2D eigenvalue weighted by molar-refractivity contribution is 6.31. The van der Waals surface area contributed by atoms with Gasteiger partial charge in [0.25, 0.3) is 5.91 Å². The molecule has 0 saturated carbocycles. The molecule has 0 bridgehead atoms. The van der Waals surface area contributed by atoms with E-state index in [1.54, 1.807) is 18.2 Å². The minimum atomic E-state index is -0.00716. The number of carbonyl (C=O) groups is 1. The first-order valence-electron chi connectivity index (χ1n) is 5.61. The van der Waals surface area contributed by atoms with Crippen LogP contribution in [-0.2, 0) is 0 Å². The Morgan fingerprint density at radius 2 is 1.94 bits per heavy atom. The molecule has 17 heavy (non-hydrogen) atoms. The van der Waals surface area contributed by atoms with Crippen LogP contribution in [0, 0.1) is 0 Å². The fourth-order valence-corrected chi connectivity index (χ4v) is 2.09. The lowest BCUT2D eigenvalue weighted by molar-refractivity contribution is 0.0665. The van der Waals surface area contributed by atoms with Crippen LogP contribution in [0.2, 0.25) is 5.02 Å². The van der Waals surface area contributed by atoms with Crippen molar-refractivity contribution in [2.75, 3.05) is 39.0 Å². The van der Waals surface area contributed by atoms with Crippen LogP contribution >= 0.6 is 11.6 Å². The van der Waals surface area contributed by atoms with Crippen molar-refractivity contribution < 1.29 is 4.79 Å². The van der Waals surface area contributed by atoms with E-state index in [1.807, 2.05) is 4.90 Å². The van der Waals surface area contributed by atoms with Crippen molar-refractivity contribution in [1.29, 1.82) is 0 Å². The molecule has 0 unspecified atom stereocenters. The van der Waals surface area contributed by atoms with Gasteiger partial charge < -0.3 is 15.5 Å². The van der Waals surface area contributed by atoms with Crippen LogP contribution in [0.15, 0.2) is 18.2 Å². The molecule has 1 amide bonds. The number of amides is 1. The van der Waals surface area contributed by atoms with Crippen LogP contribution in [0.1, 0.15) is 10.4 Å². The minimum absolute atomic E-state index is 0.00716. The second-order valence-electron chi connectivity index (χ2n) is 4.33. The summed E-state index contributed by atoms with van der Waals surface area (Å²) in [6.07, 6.45) is 0. The van der Waals surface area contributed by atoms with E-state index in [2.05, 4.69) is 11.9 Å². The lowest BCUT2D eigenvalue weighted by atomic mass is 10.1. The molecular weight excluding hydrogens is 238 g/mol. The summed E-state index contributed by atoms with van der Waals surface area (Å²) in [5.74, 6) is -0.00716. The molecule has 2 rings (SSSR count). The standard InChI is InChI=1S/C12H16ClN3O/c1-15-4-6-16(7-5-15)12(17)10-3-2-9(13)8-11(10)14/h2-3,8H,4-7,14H2,1H3. The molecule has 2 N–H and O–H groups in total. The van der Waals surface area contributed by atoms with Gasteiger partial charge >= 0.3 is 0 Å². The highest BCUT2D eigenvalue weighted by atomic mass is 35.5. The summed E-state index contributed by atoms with van der Waals surface area (Å²) in [7, 11) is 2.05. The molecule has 1 aliphatic rings. The van der Waals surface area contributed by atoms with E-state index < -0.39 is 0 Å². The zero-order chi connectivity index (χ0) is 12.4. The van der Waals surface area contributed by atoms with Gasteiger partial charge in [-0.3, -0.25) is 4.79 Å². The molecule has 0 atom stereocenters. The van der Waals surface area contributed by atoms with Gasteiger partial charge in [-0.1, -0.05) is 11.6 Å². The molecule has 0 aromatic heterocycles.